The summed E-state index contributed by atoms with van der Waals surface area (Å²) in [6.07, 6.45) is -5.71. The molecular formula is C22H19F5N6O4S2. The van der Waals surface area contributed by atoms with Gasteiger partial charge in [0.15, 0.2) is 15.0 Å². The van der Waals surface area contributed by atoms with Gasteiger partial charge in [-0.15, -0.1) is 0 Å². The number of hydrogen-bond donors (Lipinski definition) is 3. The van der Waals surface area contributed by atoms with Crippen LogP contribution in [0.5, 0.6) is 0 Å². The van der Waals surface area contributed by atoms with Gasteiger partial charge in [-0.1, -0.05) is 23.5 Å². The fourth-order valence-electron chi connectivity index (χ4n) is 3.33. The number of halogens is 5. The smallest absolute Gasteiger partial charge is 0.394 e. The molecule has 0 aliphatic carbocycles. The van der Waals surface area contributed by atoms with Crippen LogP contribution in [0.15, 0.2) is 46.9 Å². The Morgan fingerprint density at radius 1 is 1.15 bits per heavy atom. The highest BCUT2D eigenvalue weighted by molar-refractivity contribution is 7.91. The molecule has 0 radical (unpaired) electrons. The summed E-state index contributed by atoms with van der Waals surface area (Å²) in [5.74, 6) is -0.899. The summed E-state index contributed by atoms with van der Waals surface area (Å²) in [7, 11) is -4.09. The summed E-state index contributed by atoms with van der Waals surface area (Å²) >= 11 is 0.599. The first-order chi connectivity index (χ1) is 18.1. The van der Waals surface area contributed by atoms with Crippen LogP contribution in [0.1, 0.15) is 41.9 Å². The summed E-state index contributed by atoms with van der Waals surface area (Å²) in [4.78, 5) is 21.0. The molecule has 1 aromatic carbocycles. The first kappa shape index (κ1) is 28.5. The number of thiazole rings is 1. The summed E-state index contributed by atoms with van der Waals surface area (Å²) in [5, 5.41) is 15.3. The second-order valence-corrected chi connectivity index (χ2v) is 11.8. The van der Waals surface area contributed by atoms with E-state index in [4.69, 9.17) is 0 Å². The SMILES string of the molecule is CC(C)(CO)NS(=O)(=O)c1cnc(NC(=O)c2cnn3c(C(F)F)cc(-c4ccc(C(F)(F)F)cc4)nc23)s1. The van der Waals surface area contributed by atoms with Crippen molar-refractivity contribution in [1.82, 2.24) is 24.3 Å². The molecule has 1 amide bonds. The molecule has 17 heteroatoms. The minimum absolute atomic E-state index is 0.0908. The Morgan fingerprint density at radius 2 is 1.82 bits per heavy atom. The zero-order chi connectivity index (χ0) is 28.8. The summed E-state index contributed by atoms with van der Waals surface area (Å²) in [6.45, 7) is 2.43. The molecular weight excluding hydrogens is 571 g/mol. The second kappa shape index (κ2) is 10.2. The van der Waals surface area contributed by atoms with Crippen molar-refractivity contribution in [3.05, 3.63) is 59.5 Å². The van der Waals surface area contributed by atoms with Crippen molar-refractivity contribution >= 4 is 38.0 Å². The summed E-state index contributed by atoms with van der Waals surface area (Å²) in [6, 6.07) is 4.64. The van der Waals surface area contributed by atoms with Gasteiger partial charge in [-0.05, 0) is 32.0 Å². The monoisotopic (exact) mass is 590 g/mol. The van der Waals surface area contributed by atoms with Crippen molar-refractivity contribution in [2.75, 3.05) is 11.9 Å². The number of alkyl halides is 5. The van der Waals surface area contributed by atoms with Crippen LogP contribution in [0.25, 0.3) is 16.9 Å². The van der Waals surface area contributed by atoms with Crippen LogP contribution in [-0.2, 0) is 16.2 Å². The zero-order valence-electron chi connectivity index (χ0n) is 20.0. The number of rotatable bonds is 8. The molecule has 0 aliphatic rings. The van der Waals surface area contributed by atoms with Gasteiger partial charge in [0.25, 0.3) is 22.4 Å². The van der Waals surface area contributed by atoms with E-state index in [9.17, 15) is 40.3 Å². The van der Waals surface area contributed by atoms with Gasteiger partial charge >= 0.3 is 6.18 Å². The third-order valence-corrected chi connectivity index (χ3v) is 8.32. The maximum atomic E-state index is 13.8. The van der Waals surface area contributed by atoms with Gasteiger partial charge in [0.1, 0.15) is 11.3 Å². The number of fused-ring (bicyclic) bond motifs is 1. The van der Waals surface area contributed by atoms with E-state index in [0.717, 1.165) is 47.2 Å². The second-order valence-electron chi connectivity index (χ2n) is 8.82. The molecule has 4 rings (SSSR count). The number of sulfonamides is 1. The van der Waals surface area contributed by atoms with E-state index in [1.165, 1.54) is 13.8 Å². The Hall–Kier alpha value is -3.54. The average Bonchev–Trinajstić information content (AvgIpc) is 3.50. The van der Waals surface area contributed by atoms with Crippen molar-refractivity contribution in [3.63, 3.8) is 0 Å². The number of amides is 1. The van der Waals surface area contributed by atoms with E-state index in [1.54, 1.807) is 0 Å². The number of anilines is 1. The highest BCUT2D eigenvalue weighted by atomic mass is 32.2. The Bertz CT molecular complexity index is 1630. The molecule has 0 bridgehead atoms. The Morgan fingerprint density at radius 3 is 2.41 bits per heavy atom. The minimum atomic E-state index is -4.60. The molecule has 3 N–H and O–H groups in total. The lowest BCUT2D eigenvalue weighted by atomic mass is 10.1. The maximum Gasteiger partial charge on any atom is 0.416 e. The highest BCUT2D eigenvalue weighted by Crippen LogP contribution is 2.32. The van der Waals surface area contributed by atoms with Gasteiger partial charge < -0.3 is 5.11 Å². The number of nitrogens with one attached hydrogen (secondary N) is 2. The maximum absolute atomic E-state index is 13.8. The van der Waals surface area contributed by atoms with E-state index in [-0.39, 0.29) is 31.8 Å². The number of aliphatic hydroxyl groups excluding tert-OH is 1. The first-order valence-corrected chi connectivity index (χ1v) is 13.2. The number of aliphatic hydroxyl groups is 1. The molecule has 0 saturated heterocycles. The van der Waals surface area contributed by atoms with E-state index >= 15 is 0 Å². The third kappa shape index (κ3) is 6.05. The van der Waals surface area contributed by atoms with Crippen LogP contribution >= 0.6 is 11.3 Å². The predicted octanol–water partition coefficient (Wildman–Crippen LogP) is 4.11. The molecule has 3 aromatic heterocycles. The van der Waals surface area contributed by atoms with Crippen LogP contribution in [-0.4, -0.2) is 51.2 Å². The summed E-state index contributed by atoms with van der Waals surface area (Å²) < 4.78 is 94.2. The molecule has 39 heavy (non-hydrogen) atoms. The third-order valence-electron chi connectivity index (χ3n) is 5.25. The normalized spacial score (nSPS) is 12.8. The van der Waals surface area contributed by atoms with E-state index in [1.807, 2.05) is 0 Å². The molecule has 0 spiro atoms. The van der Waals surface area contributed by atoms with Gasteiger partial charge in [0.05, 0.1) is 35.8 Å². The quantitative estimate of drug-likeness (QED) is 0.263. The molecule has 0 fully saturated rings. The van der Waals surface area contributed by atoms with Crippen LogP contribution in [0.2, 0.25) is 0 Å². The lowest BCUT2D eigenvalue weighted by Crippen LogP contribution is -2.45. The first-order valence-electron chi connectivity index (χ1n) is 10.9. The number of nitrogens with zero attached hydrogens (tertiary/aromatic N) is 4. The Kier molecular flexibility index (Phi) is 7.46. The van der Waals surface area contributed by atoms with Crippen molar-refractivity contribution in [2.24, 2.45) is 0 Å². The summed E-state index contributed by atoms with van der Waals surface area (Å²) in [5.41, 5.74) is -3.38. The number of carbonyl (C=O) groups is 1. The van der Waals surface area contributed by atoms with E-state index < -0.39 is 51.9 Å². The largest absolute Gasteiger partial charge is 0.416 e. The number of hydrogen-bond acceptors (Lipinski definition) is 8. The lowest BCUT2D eigenvalue weighted by Gasteiger charge is -2.22. The van der Waals surface area contributed by atoms with Crippen LogP contribution in [0.3, 0.4) is 0 Å². The van der Waals surface area contributed by atoms with Crippen LogP contribution < -0.4 is 10.0 Å². The van der Waals surface area contributed by atoms with Gasteiger partial charge in [-0.25, -0.2) is 36.4 Å². The molecule has 3 heterocycles. The molecule has 0 aliphatic heterocycles. The van der Waals surface area contributed by atoms with Crippen molar-refractivity contribution in [1.29, 1.82) is 0 Å². The number of carbonyl (C=O) groups excluding carboxylic acids is 1. The zero-order valence-corrected chi connectivity index (χ0v) is 21.6. The number of benzene rings is 1. The fraction of sp³-hybridized carbons (Fsp3) is 0.273. The highest BCUT2D eigenvalue weighted by Gasteiger charge is 2.31. The van der Waals surface area contributed by atoms with Crippen molar-refractivity contribution in [3.8, 4) is 11.3 Å². The molecule has 208 valence electrons. The van der Waals surface area contributed by atoms with Gasteiger partial charge in [0, 0.05) is 5.56 Å². The molecule has 0 unspecified atom stereocenters. The van der Waals surface area contributed by atoms with Gasteiger partial charge in [-0.3, -0.25) is 10.1 Å². The van der Waals surface area contributed by atoms with Crippen LogP contribution in [0, 0.1) is 0 Å². The Labute approximate surface area is 221 Å². The molecule has 4 aromatic rings. The van der Waals surface area contributed by atoms with E-state index in [0.29, 0.717) is 11.3 Å². The van der Waals surface area contributed by atoms with Crippen molar-refractivity contribution < 1.29 is 40.3 Å². The minimum Gasteiger partial charge on any atom is -0.394 e. The molecule has 0 atom stereocenters. The van der Waals surface area contributed by atoms with Crippen molar-refractivity contribution in [2.45, 2.75) is 36.2 Å². The lowest BCUT2D eigenvalue weighted by molar-refractivity contribution is -0.137. The van der Waals surface area contributed by atoms with E-state index in [2.05, 4.69) is 25.1 Å². The Balaban J connectivity index is 1.67. The molecule has 10 nitrogen and oxygen atoms in total. The average molecular weight is 591 g/mol. The van der Waals surface area contributed by atoms with Gasteiger partial charge in [-0.2, -0.15) is 18.3 Å². The topological polar surface area (TPSA) is 139 Å². The predicted molar refractivity (Wildman–Crippen MR) is 130 cm³/mol. The van der Waals surface area contributed by atoms with Gasteiger partial charge in [0.2, 0.25) is 0 Å². The van der Waals surface area contributed by atoms with Crippen LogP contribution in [0.4, 0.5) is 27.1 Å². The fourth-order valence-corrected chi connectivity index (χ4v) is 5.76. The number of aromatic nitrogens is 4. The molecule has 0 saturated carbocycles. The standard InChI is InChI=1S/C22H19F5N6O4S2/c1-21(2,10-34)32-39(36,37)16-9-28-20(38-16)31-19(35)13-8-29-33-15(17(23)24)7-14(30-18(13)33)11-3-5-12(6-4-11)22(25,26)27/h3-9,17,32,34H,10H2,1-2H3,(H,28,31,35).